The summed E-state index contributed by atoms with van der Waals surface area (Å²) in [7, 11) is 4.77. The van der Waals surface area contributed by atoms with Gasteiger partial charge in [0.15, 0.2) is 0 Å². The van der Waals surface area contributed by atoms with Crippen LogP contribution in [0.3, 0.4) is 0 Å². The van der Waals surface area contributed by atoms with Crippen LogP contribution in [0.5, 0.6) is 0 Å². The SMILES string of the molecule is CCOC(=O)ONC(=N)CC[C@@H](C)[C@H]1CC[C@H]2[C@@H]3C[C@H](CC)[C@@H]4CCCC[C@]4(C)[C@H]3[C@@H](OC(OC)(OC)OC)C[C@]12C. The maximum Gasteiger partial charge on any atom is 0.533 e. The van der Waals surface area contributed by atoms with Gasteiger partial charge in [0.2, 0.25) is 0 Å². The second-order valence-corrected chi connectivity index (χ2v) is 14.1. The van der Waals surface area contributed by atoms with Gasteiger partial charge in [-0.1, -0.05) is 47.0 Å². The predicted molar refractivity (Wildman–Crippen MR) is 160 cm³/mol. The first-order chi connectivity index (χ1) is 20.0. The van der Waals surface area contributed by atoms with Crippen molar-refractivity contribution in [3.63, 3.8) is 0 Å². The van der Waals surface area contributed by atoms with E-state index in [1.807, 2.05) is 0 Å². The van der Waals surface area contributed by atoms with E-state index in [9.17, 15) is 4.79 Å². The second-order valence-electron chi connectivity index (χ2n) is 14.1. The monoisotopic (exact) mass is 594 g/mol. The third-order valence-electron chi connectivity index (χ3n) is 12.4. The van der Waals surface area contributed by atoms with E-state index in [-0.39, 0.29) is 29.4 Å². The molecule has 0 aromatic heterocycles. The van der Waals surface area contributed by atoms with Crippen LogP contribution >= 0.6 is 0 Å². The lowest BCUT2D eigenvalue weighted by atomic mass is 9.41. The molecule has 4 rings (SSSR count). The molecule has 0 unspecified atom stereocenters. The van der Waals surface area contributed by atoms with Gasteiger partial charge in [-0.3, -0.25) is 10.1 Å². The Morgan fingerprint density at radius 3 is 2.38 bits per heavy atom. The minimum Gasteiger partial charge on any atom is -0.433 e. The smallest absolute Gasteiger partial charge is 0.433 e. The summed E-state index contributed by atoms with van der Waals surface area (Å²) in [6, 6.07) is 0. The van der Waals surface area contributed by atoms with Crippen molar-refractivity contribution in [2.45, 2.75) is 118 Å². The van der Waals surface area contributed by atoms with Crippen LogP contribution in [0, 0.1) is 57.7 Å². The number of ether oxygens (including phenoxy) is 5. The van der Waals surface area contributed by atoms with Gasteiger partial charge < -0.3 is 23.8 Å². The predicted octanol–water partition coefficient (Wildman–Crippen LogP) is 7.29. The fourth-order valence-corrected chi connectivity index (χ4v) is 10.7. The Morgan fingerprint density at radius 2 is 1.74 bits per heavy atom. The first-order valence-corrected chi connectivity index (χ1v) is 16.5. The highest BCUT2D eigenvalue weighted by molar-refractivity contribution is 5.79. The Balaban J connectivity index is 1.59. The van der Waals surface area contributed by atoms with Gasteiger partial charge in [-0.2, -0.15) is 0 Å². The molecule has 9 nitrogen and oxygen atoms in total. The summed E-state index contributed by atoms with van der Waals surface area (Å²) >= 11 is 0. The lowest BCUT2D eigenvalue weighted by Crippen LogP contribution is -2.62. The van der Waals surface area contributed by atoms with Crippen molar-refractivity contribution in [2.24, 2.45) is 52.3 Å². The number of hydrogen-bond donors (Lipinski definition) is 2. The standard InChI is InChI=1S/C33H58N2O7/c1-9-22-19-23-26-16-15-24(21(3)14-17-28(34)35-42-30(36)40-10-2)32(26,5)20-27(41-33(37-6,38-7)39-8)29(23)31(4)18-12-11-13-25(22)31/h21-27,29H,9-20H2,1-8H3,(H2,34,35)/t21-,22+,23+,24-,25+,26+,27+,29-,31+,32-/m1/s1. The zero-order valence-electron chi connectivity index (χ0n) is 27.5. The van der Waals surface area contributed by atoms with Gasteiger partial charge in [0, 0.05) is 27.8 Å². The number of methoxy groups -OCH3 is 3. The lowest BCUT2D eigenvalue weighted by Gasteiger charge is -2.65. The number of rotatable bonds is 11. The van der Waals surface area contributed by atoms with Crippen molar-refractivity contribution in [3.8, 4) is 0 Å². The van der Waals surface area contributed by atoms with Gasteiger partial charge in [-0.15, -0.1) is 0 Å². The minimum atomic E-state index is -1.51. The second kappa shape index (κ2) is 13.7. The van der Waals surface area contributed by atoms with E-state index in [1.54, 1.807) is 28.3 Å². The Morgan fingerprint density at radius 1 is 1.02 bits per heavy atom. The average Bonchev–Trinajstić information content (AvgIpc) is 3.33. The van der Waals surface area contributed by atoms with E-state index in [0.29, 0.717) is 36.0 Å². The Hall–Kier alpha value is -1.42. The molecule has 0 spiro atoms. The molecule has 4 aliphatic rings. The summed E-state index contributed by atoms with van der Waals surface area (Å²) < 4.78 is 28.8. The zero-order chi connectivity index (χ0) is 30.7. The molecule has 9 heteroatoms. The van der Waals surface area contributed by atoms with E-state index >= 15 is 0 Å². The van der Waals surface area contributed by atoms with Crippen molar-refractivity contribution in [3.05, 3.63) is 0 Å². The summed E-state index contributed by atoms with van der Waals surface area (Å²) in [5.74, 6) is 4.29. The van der Waals surface area contributed by atoms with Crippen LogP contribution in [0.1, 0.15) is 105 Å². The van der Waals surface area contributed by atoms with Gasteiger partial charge in [0.05, 0.1) is 12.7 Å². The molecule has 0 saturated heterocycles. The summed E-state index contributed by atoms with van der Waals surface area (Å²) in [4.78, 5) is 16.4. The van der Waals surface area contributed by atoms with E-state index < -0.39 is 12.3 Å². The number of hydrogen-bond acceptors (Lipinski definition) is 8. The first kappa shape index (κ1) is 33.5. The van der Waals surface area contributed by atoms with Crippen LogP contribution in [0.4, 0.5) is 4.79 Å². The molecule has 0 aromatic carbocycles. The third-order valence-corrected chi connectivity index (χ3v) is 12.4. The molecule has 0 aliphatic heterocycles. The highest BCUT2D eigenvalue weighted by Gasteiger charge is 2.65. The maximum absolute atomic E-state index is 11.5. The molecule has 4 saturated carbocycles. The van der Waals surface area contributed by atoms with Crippen LogP contribution in [0.2, 0.25) is 0 Å². The first-order valence-electron chi connectivity index (χ1n) is 16.5. The van der Waals surface area contributed by atoms with Crippen LogP contribution in [-0.2, 0) is 28.5 Å². The highest BCUT2D eigenvalue weighted by Crippen LogP contribution is 2.70. The molecule has 0 aromatic rings. The fraction of sp³-hybridized carbons (Fsp3) is 0.939. The normalized spacial score (nSPS) is 38.5. The molecular weight excluding hydrogens is 536 g/mol. The molecule has 0 heterocycles. The molecule has 4 aliphatic carbocycles. The zero-order valence-corrected chi connectivity index (χ0v) is 27.5. The Bertz CT molecular complexity index is 920. The highest BCUT2D eigenvalue weighted by atomic mass is 17.0. The van der Waals surface area contributed by atoms with E-state index in [4.69, 9.17) is 33.9 Å². The molecular formula is C33H58N2O7. The summed E-state index contributed by atoms with van der Waals surface area (Å²) in [6.07, 6.45) is 10.2. The number of nitrogens with one attached hydrogen (secondary N) is 2. The quantitative estimate of drug-likeness (QED) is 0.0844. The molecule has 0 radical (unpaired) electrons. The topological polar surface area (TPSA) is 108 Å². The summed E-state index contributed by atoms with van der Waals surface area (Å²) in [6.45, 7) is 11.8. The summed E-state index contributed by atoms with van der Waals surface area (Å²) in [5.41, 5.74) is 2.79. The Labute approximate surface area is 253 Å². The van der Waals surface area contributed by atoms with Gasteiger partial charge in [0.25, 0.3) is 0 Å². The van der Waals surface area contributed by atoms with Crippen molar-refractivity contribution in [2.75, 3.05) is 27.9 Å². The Kier molecular flexibility index (Phi) is 10.9. The van der Waals surface area contributed by atoms with Crippen LogP contribution < -0.4 is 5.48 Å². The van der Waals surface area contributed by atoms with Crippen LogP contribution in [0.15, 0.2) is 0 Å². The largest absolute Gasteiger partial charge is 0.533 e. The van der Waals surface area contributed by atoms with Crippen molar-refractivity contribution < 1.29 is 33.3 Å². The van der Waals surface area contributed by atoms with E-state index in [1.165, 1.54) is 51.4 Å². The van der Waals surface area contributed by atoms with Gasteiger partial charge in [-0.25, -0.2) is 10.3 Å². The molecule has 0 bridgehead atoms. The third kappa shape index (κ3) is 6.22. The number of fused-ring (bicyclic) bond motifs is 5. The molecule has 10 atom stereocenters. The molecule has 0 amide bonds. The summed E-state index contributed by atoms with van der Waals surface area (Å²) in [5, 5.41) is 8.27. The molecule has 42 heavy (non-hydrogen) atoms. The number of amidine groups is 1. The van der Waals surface area contributed by atoms with Gasteiger partial charge >= 0.3 is 12.3 Å². The fourth-order valence-electron chi connectivity index (χ4n) is 10.7. The molecule has 242 valence electrons. The maximum atomic E-state index is 11.5. The molecule has 4 fully saturated rings. The molecule has 2 N–H and O–H groups in total. The lowest BCUT2D eigenvalue weighted by molar-refractivity contribution is -0.498. The number of hydroxylamine groups is 1. The van der Waals surface area contributed by atoms with Crippen molar-refractivity contribution in [1.29, 1.82) is 5.41 Å². The number of carbonyl (C=O) groups excluding carboxylic acids is 1. The van der Waals surface area contributed by atoms with Gasteiger partial charge in [-0.05, 0) is 104 Å². The van der Waals surface area contributed by atoms with Crippen LogP contribution in [0.25, 0.3) is 0 Å². The van der Waals surface area contributed by atoms with E-state index in [2.05, 4.69) is 33.2 Å². The van der Waals surface area contributed by atoms with E-state index in [0.717, 1.165) is 24.7 Å². The van der Waals surface area contributed by atoms with Gasteiger partial charge in [0.1, 0.15) is 5.84 Å². The van der Waals surface area contributed by atoms with Crippen LogP contribution in [-0.4, -0.2) is 52.2 Å². The van der Waals surface area contributed by atoms with Crippen molar-refractivity contribution in [1.82, 2.24) is 5.48 Å². The minimum absolute atomic E-state index is 0.0368. The average molecular weight is 595 g/mol. The number of carbonyl (C=O) groups is 1. The van der Waals surface area contributed by atoms with Crippen molar-refractivity contribution >= 4 is 12.0 Å².